The molecular weight excluding hydrogens is 391 g/mol. The molecule has 6 heteroatoms. The lowest BCUT2D eigenvalue weighted by Crippen LogP contribution is -2.37. The van der Waals surface area contributed by atoms with E-state index < -0.39 is 11.6 Å². The molecule has 0 radical (unpaired) electrons. The van der Waals surface area contributed by atoms with Crippen molar-refractivity contribution in [2.45, 2.75) is 6.92 Å². The van der Waals surface area contributed by atoms with Crippen molar-refractivity contribution >= 4 is 41.1 Å². The number of hydrogen-bond acceptors (Lipinski definition) is 2. The molecule has 1 saturated heterocycles. The molecule has 1 aliphatic rings. The monoisotopic (exact) mass is 407 g/mol. The summed E-state index contributed by atoms with van der Waals surface area (Å²) in [5.41, 5.74) is 1.13. The van der Waals surface area contributed by atoms with Gasteiger partial charge in [0.05, 0.1) is 10.0 Å². The molecule has 0 amide bonds. The van der Waals surface area contributed by atoms with Crippen LogP contribution >= 0.6 is 23.2 Å². The van der Waals surface area contributed by atoms with Gasteiger partial charge < -0.3 is 0 Å². The topological polar surface area (TPSA) is 20.3 Å². The fraction of sp³-hybridized carbons (Fsp3) is 0.190. The van der Waals surface area contributed by atoms with Crippen molar-refractivity contribution in [2.24, 2.45) is 0 Å². The molecule has 0 N–H and O–H groups in total. The first kappa shape index (κ1) is 19.7. The Labute approximate surface area is 166 Å². The van der Waals surface area contributed by atoms with Gasteiger partial charge in [0.25, 0.3) is 0 Å². The molecule has 1 heterocycles. The molecule has 0 aromatic heterocycles. The van der Waals surface area contributed by atoms with E-state index in [2.05, 4.69) is 0 Å². The minimum absolute atomic E-state index is 0.170. The standard InChI is InChI=1S/C21H17Cl2F2NO/c1-2-26-11-13(9-15-17(22)5-3-7-19(15)24)21(27)14(12-26)10-16-18(23)6-4-8-20(16)25/h3-10H,2,11-12H2,1H3/b13-9+,14-10+. The maximum atomic E-state index is 14.1. The van der Waals surface area contributed by atoms with Crippen LogP contribution in [0.1, 0.15) is 18.1 Å². The van der Waals surface area contributed by atoms with Crippen molar-refractivity contribution < 1.29 is 13.6 Å². The molecule has 140 valence electrons. The maximum absolute atomic E-state index is 14.1. The zero-order valence-electron chi connectivity index (χ0n) is 14.6. The van der Waals surface area contributed by atoms with Gasteiger partial charge in [0, 0.05) is 35.4 Å². The number of benzene rings is 2. The van der Waals surface area contributed by atoms with Crippen molar-refractivity contribution in [2.75, 3.05) is 19.6 Å². The summed E-state index contributed by atoms with van der Waals surface area (Å²) in [7, 11) is 0. The van der Waals surface area contributed by atoms with Gasteiger partial charge in [0.1, 0.15) is 11.6 Å². The van der Waals surface area contributed by atoms with Gasteiger partial charge in [-0.15, -0.1) is 0 Å². The van der Waals surface area contributed by atoms with Gasteiger partial charge in [-0.2, -0.15) is 0 Å². The number of hydrogen-bond donors (Lipinski definition) is 0. The fourth-order valence-electron chi connectivity index (χ4n) is 2.98. The van der Waals surface area contributed by atoms with E-state index in [9.17, 15) is 13.6 Å². The van der Waals surface area contributed by atoms with E-state index in [0.717, 1.165) is 0 Å². The molecule has 27 heavy (non-hydrogen) atoms. The number of halogens is 4. The molecule has 1 fully saturated rings. The van der Waals surface area contributed by atoms with Crippen LogP contribution in [0.15, 0.2) is 47.5 Å². The van der Waals surface area contributed by atoms with Crippen molar-refractivity contribution in [3.8, 4) is 0 Å². The number of carbonyl (C=O) groups is 1. The van der Waals surface area contributed by atoms with Crippen LogP contribution in [-0.2, 0) is 4.79 Å². The second-order valence-electron chi connectivity index (χ2n) is 6.24. The summed E-state index contributed by atoms with van der Waals surface area (Å²) in [5, 5.41) is 0.457. The molecule has 0 spiro atoms. The average Bonchev–Trinajstić information content (AvgIpc) is 2.63. The predicted molar refractivity (Wildman–Crippen MR) is 106 cm³/mol. The fourth-order valence-corrected chi connectivity index (χ4v) is 3.41. The molecular formula is C21H17Cl2F2NO. The van der Waals surface area contributed by atoms with Gasteiger partial charge in [-0.1, -0.05) is 42.3 Å². The second-order valence-corrected chi connectivity index (χ2v) is 7.06. The van der Waals surface area contributed by atoms with Gasteiger partial charge >= 0.3 is 0 Å². The first-order chi connectivity index (χ1) is 12.9. The minimum atomic E-state index is -0.501. The Balaban J connectivity index is 2.06. The largest absolute Gasteiger partial charge is 0.295 e. The molecule has 0 atom stereocenters. The third-order valence-corrected chi connectivity index (χ3v) is 5.11. The number of ketones is 1. The highest BCUT2D eigenvalue weighted by atomic mass is 35.5. The number of likely N-dealkylation sites (N-methyl/N-ethyl adjacent to an activating group) is 1. The zero-order chi connectivity index (χ0) is 19.6. The quantitative estimate of drug-likeness (QED) is 0.613. The Bertz CT molecular complexity index is 839. The van der Waals surface area contributed by atoms with E-state index in [1.165, 1.54) is 36.4 Å². The van der Waals surface area contributed by atoms with Crippen LogP contribution in [0.4, 0.5) is 8.78 Å². The summed E-state index contributed by atoms with van der Waals surface area (Å²) >= 11 is 12.2. The lowest BCUT2D eigenvalue weighted by atomic mass is 9.94. The first-order valence-corrected chi connectivity index (χ1v) is 9.22. The number of piperidine rings is 1. The van der Waals surface area contributed by atoms with Gasteiger partial charge in [-0.25, -0.2) is 8.78 Å². The van der Waals surface area contributed by atoms with Gasteiger partial charge in [0.15, 0.2) is 5.78 Å². The Hall–Kier alpha value is -2.01. The Kier molecular flexibility index (Phi) is 6.10. The summed E-state index contributed by atoms with van der Waals surface area (Å²) in [4.78, 5) is 14.9. The van der Waals surface area contributed by atoms with E-state index in [0.29, 0.717) is 30.8 Å². The average molecular weight is 408 g/mol. The van der Waals surface area contributed by atoms with Crippen molar-refractivity contribution in [1.29, 1.82) is 0 Å². The Morgan fingerprint density at radius 1 is 0.926 bits per heavy atom. The predicted octanol–water partition coefficient (Wildman–Crippen LogP) is 5.64. The molecule has 2 nitrogen and oxygen atoms in total. The number of nitrogens with zero attached hydrogens (tertiary/aromatic N) is 1. The second kappa shape index (κ2) is 8.34. The van der Waals surface area contributed by atoms with Crippen LogP contribution in [-0.4, -0.2) is 30.3 Å². The number of likely N-dealkylation sites (tertiary alicyclic amines) is 1. The summed E-state index contributed by atoms with van der Waals surface area (Å²) in [6, 6.07) is 8.73. The number of rotatable bonds is 3. The zero-order valence-corrected chi connectivity index (χ0v) is 16.1. The lowest BCUT2D eigenvalue weighted by molar-refractivity contribution is -0.113. The highest BCUT2D eigenvalue weighted by Gasteiger charge is 2.26. The van der Waals surface area contributed by atoms with Gasteiger partial charge in [0.2, 0.25) is 0 Å². The summed E-state index contributed by atoms with van der Waals surface area (Å²) in [6.07, 6.45) is 2.94. The molecule has 3 rings (SSSR count). The minimum Gasteiger partial charge on any atom is -0.295 e. The molecule has 1 aliphatic heterocycles. The molecule has 0 saturated carbocycles. The highest BCUT2D eigenvalue weighted by Crippen LogP contribution is 2.28. The summed E-state index contributed by atoms with van der Waals surface area (Å²) in [6.45, 7) is 3.36. The summed E-state index contributed by atoms with van der Waals surface area (Å²) in [5.74, 6) is -1.27. The van der Waals surface area contributed by atoms with E-state index in [-0.39, 0.29) is 27.0 Å². The SMILES string of the molecule is CCN1C/C(=C\c2c(F)cccc2Cl)C(=O)/C(=C/c2c(F)cccc2Cl)C1. The van der Waals surface area contributed by atoms with Crippen molar-refractivity contribution in [1.82, 2.24) is 4.90 Å². The smallest absolute Gasteiger partial charge is 0.187 e. The van der Waals surface area contributed by atoms with Crippen molar-refractivity contribution in [3.63, 3.8) is 0 Å². The molecule has 2 aromatic rings. The van der Waals surface area contributed by atoms with E-state index >= 15 is 0 Å². The van der Waals surface area contributed by atoms with Crippen LogP contribution in [0.5, 0.6) is 0 Å². The molecule has 2 aromatic carbocycles. The molecule has 0 aliphatic carbocycles. The highest BCUT2D eigenvalue weighted by molar-refractivity contribution is 6.33. The van der Waals surface area contributed by atoms with Gasteiger partial charge in [-0.05, 0) is 43.0 Å². The van der Waals surface area contributed by atoms with Crippen LogP contribution in [0, 0.1) is 11.6 Å². The van der Waals surface area contributed by atoms with Crippen LogP contribution in [0.3, 0.4) is 0 Å². The Morgan fingerprint density at radius 3 is 1.74 bits per heavy atom. The van der Waals surface area contributed by atoms with Crippen LogP contribution in [0.2, 0.25) is 10.0 Å². The number of Topliss-reactive ketones (excluding diaryl/α,β-unsaturated/α-hetero) is 1. The van der Waals surface area contributed by atoms with E-state index in [1.807, 2.05) is 11.8 Å². The van der Waals surface area contributed by atoms with Crippen LogP contribution in [0.25, 0.3) is 12.2 Å². The van der Waals surface area contributed by atoms with E-state index in [4.69, 9.17) is 23.2 Å². The van der Waals surface area contributed by atoms with Crippen molar-refractivity contribution in [3.05, 3.63) is 80.4 Å². The normalized spacial score (nSPS) is 18.5. The maximum Gasteiger partial charge on any atom is 0.187 e. The Morgan fingerprint density at radius 2 is 1.37 bits per heavy atom. The van der Waals surface area contributed by atoms with Crippen LogP contribution < -0.4 is 0 Å². The third kappa shape index (κ3) is 4.29. The first-order valence-electron chi connectivity index (χ1n) is 8.47. The lowest BCUT2D eigenvalue weighted by Gasteiger charge is -2.28. The third-order valence-electron chi connectivity index (χ3n) is 4.45. The molecule has 0 bridgehead atoms. The molecule has 0 unspecified atom stereocenters. The summed E-state index contributed by atoms with van der Waals surface area (Å²) < 4.78 is 28.3. The number of carbonyl (C=O) groups excluding carboxylic acids is 1. The van der Waals surface area contributed by atoms with E-state index in [1.54, 1.807) is 12.1 Å². The van der Waals surface area contributed by atoms with Gasteiger partial charge in [-0.3, -0.25) is 9.69 Å².